The van der Waals surface area contributed by atoms with Crippen molar-refractivity contribution in [2.75, 3.05) is 13.1 Å². The van der Waals surface area contributed by atoms with Gasteiger partial charge in [0.2, 0.25) is 0 Å². The van der Waals surface area contributed by atoms with Crippen molar-refractivity contribution >= 4 is 32.8 Å². The molecule has 31 heavy (non-hydrogen) atoms. The number of carbonyl (C=O) groups excluding carboxylic acids is 1. The van der Waals surface area contributed by atoms with Crippen LogP contribution < -0.4 is 5.32 Å². The minimum absolute atomic E-state index is 0.0844. The molecule has 0 unspecified atom stereocenters. The molecule has 2 N–H and O–H groups in total. The SMILES string of the molecule is O=C(NCc1ccc(S(=O)(=O)C2CCN(C(=O)O)CC2)cn1)c1cc2ccncc2o1. The summed E-state index contributed by atoms with van der Waals surface area (Å²) in [5, 5.41) is 11.8. The quantitative estimate of drug-likeness (QED) is 0.609. The Hall–Kier alpha value is -3.47. The van der Waals surface area contributed by atoms with Crippen LogP contribution in [0, 0.1) is 0 Å². The van der Waals surface area contributed by atoms with Crippen molar-refractivity contribution in [1.82, 2.24) is 20.2 Å². The van der Waals surface area contributed by atoms with Crippen molar-refractivity contribution in [3.05, 3.63) is 54.3 Å². The predicted octanol–water partition coefficient (Wildman–Crippen LogP) is 2.07. The molecule has 1 aliphatic heterocycles. The number of nitrogens with one attached hydrogen (secondary N) is 1. The summed E-state index contributed by atoms with van der Waals surface area (Å²) in [5.41, 5.74) is 1.00. The highest BCUT2D eigenvalue weighted by Gasteiger charge is 2.32. The largest absolute Gasteiger partial charge is 0.465 e. The number of fused-ring (bicyclic) bond motifs is 1. The van der Waals surface area contributed by atoms with Gasteiger partial charge in [-0.2, -0.15) is 0 Å². The van der Waals surface area contributed by atoms with E-state index in [1.807, 2.05) is 0 Å². The van der Waals surface area contributed by atoms with Crippen molar-refractivity contribution < 1.29 is 27.5 Å². The third kappa shape index (κ3) is 4.36. The van der Waals surface area contributed by atoms with E-state index in [4.69, 9.17) is 9.52 Å². The molecule has 0 saturated carbocycles. The molecule has 1 saturated heterocycles. The third-order valence-electron chi connectivity index (χ3n) is 5.25. The fourth-order valence-corrected chi connectivity index (χ4v) is 5.16. The summed E-state index contributed by atoms with van der Waals surface area (Å²) in [6, 6.07) is 6.36. The normalized spacial score (nSPS) is 15.2. The van der Waals surface area contributed by atoms with Crippen LogP contribution in [0.25, 0.3) is 11.0 Å². The summed E-state index contributed by atoms with van der Waals surface area (Å²) in [7, 11) is -3.61. The first-order valence-corrected chi connectivity index (χ1v) is 11.2. The zero-order valence-corrected chi connectivity index (χ0v) is 17.2. The first kappa shape index (κ1) is 20.8. The van der Waals surface area contributed by atoms with E-state index in [-0.39, 0.29) is 43.1 Å². The van der Waals surface area contributed by atoms with E-state index in [1.165, 1.54) is 23.4 Å². The number of piperidine rings is 1. The molecule has 4 heterocycles. The van der Waals surface area contributed by atoms with Crippen molar-refractivity contribution in [3.8, 4) is 0 Å². The van der Waals surface area contributed by atoms with Gasteiger partial charge in [-0.15, -0.1) is 0 Å². The average molecular weight is 444 g/mol. The van der Waals surface area contributed by atoms with Gasteiger partial charge in [-0.25, -0.2) is 13.2 Å². The van der Waals surface area contributed by atoms with E-state index >= 15 is 0 Å². The number of carboxylic acid groups (broad SMARTS) is 1. The van der Waals surface area contributed by atoms with E-state index < -0.39 is 27.1 Å². The Bertz CT molecular complexity index is 1180. The molecule has 0 aliphatic carbocycles. The Balaban J connectivity index is 1.37. The van der Waals surface area contributed by atoms with Crippen LogP contribution in [0.5, 0.6) is 0 Å². The fourth-order valence-electron chi connectivity index (χ4n) is 3.49. The average Bonchev–Trinajstić information content (AvgIpc) is 3.22. The Morgan fingerprint density at radius 2 is 1.97 bits per heavy atom. The van der Waals surface area contributed by atoms with E-state index in [0.717, 1.165) is 5.39 Å². The summed E-state index contributed by atoms with van der Waals surface area (Å²) in [6.07, 6.45) is 3.86. The molecule has 4 rings (SSSR count). The van der Waals surface area contributed by atoms with Crippen molar-refractivity contribution in [3.63, 3.8) is 0 Å². The Morgan fingerprint density at radius 1 is 1.19 bits per heavy atom. The molecule has 10 nitrogen and oxygen atoms in total. The van der Waals surface area contributed by atoms with Gasteiger partial charge < -0.3 is 19.7 Å². The van der Waals surface area contributed by atoms with E-state index in [9.17, 15) is 18.0 Å². The zero-order chi connectivity index (χ0) is 22.0. The molecule has 3 aromatic rings. The summed E-state index contributed by atoms with van der Waals surface area (Å²) >= 11 is 0. The maximum atomic E-state index is 12.8. The molecule has 2 amide bonds. The maximum Gasteiger partial charge on any atom is 0.407 e. The van der Waals surface area contributed by atoms with Gasteiger partial charge in [0.25, 0.3) is 5.91 Å². The molecular formula is C20H20N4O6S. The molecule has 0 bridgehead atoms. The number of furan rings is 1. The Labute approximate surface area is 177 Å². The molecule has 0 radical (unpaired) electrons. The van der Waals surface area contributed by atoms with Crippen LogP contribution in [0.15, 0.2) is 52.2 Å². The van der Waals surface area contributed by atoms with Crippen LogP contribution in [-0.2, 0) is 16.4 Å². The minimum atomic E-state index is -3.61. The van der Waals surface area contributed by atoms with Gasteiger partial charge in [-0.3, -0.25) is 14.8 Å². The topological polar surface area (TPSA) is 143 Å². The van der Waals surface area contributed by atoms with Gasteiger partial charge >= 0.3 is 6.09 Å². The van der Waals surface area contributed by atoms with Crippen molar-refractivity contribution in [2.24, 2.45) is 0 Å². The minimum Gasteiger partial charge on any atom is -0.465 e. The number of sulfone groups is 1. The van der Waals surface area contributed by atoms with Gasteiger partial charge in [-0.1, -0.05) is 0 Å². The molecule has 11 heteroatoms. The first-order valence-electron chi connectivity index (χ1n) is 9.63. The lowest BCUT2D eigenvalue weighted by Gasteiger charge is -2.29. The number of amides is 2. The van der Waals surface area contributed by atoms with Gasteiger partial charge in [0, 0.05) is 30.9 Å². The van der Waals surface area contributed by atoms with Gasteiger partial charge in [0.15, 0.2) is 21.2 Å². The van der Waals surface area contributed by atoms with Crippen LogP contribution in [-0.4, -0.2) is 58.7 Å². The monoisotopic (exact) mass is 444 g/mol. The molecule has 0 spiro atoms. The number of hydrogen-bond acceptors (Lipinski definition) is 7. The van der Waals surface area contributed by atoms with Crippen molar-refractivity contribution in [2.45, 2.75) is 29.5 Å². The van der Waals surface area contributed by atoms with Gasteiger partial charge in [0.05, 0.1) is 28.6 Å². The Morgan fingerprint density at radius 3 is 2.61 bits per heavy atom. The van der Waals surface area contributed by atoms with Crippen LogP contribution in [0.1, 0.15) is 29.1 Å². The number of aromatic nitrogens is 2. The zero-order valence-electron chi connectivity index (χ0n) is 16.4. The lowest BCUT2D eigenvalue weighted by molar-refractivity contribution is 0.0924. The van der Waals surface area contributed by atoms with Crippen molar-refractivity contribution in [1.29, 1.82) is 0 Å². The second-order valence-corrected chi connectivity index (χ2v) is 9.43. The second-order valence-electron chi connectivity index (χ2n) is 7.21. The summed E-state index contributed by atoms with van der Waals surface area (Å²) in [4.78, 5) is 32.7. The summed E-state index contributed by atoms with van der Waals surface area (Å²) < 4.78 is 31.1. The highest BCUT2D eigenvalue weighted by atomic mass is 32.2. The van der Waals surface area contributed by atoms with Crippen LogP contribution >= 0.6 is 0 Å². The Kier molecular flexibility index (Phi) is 5.59. The van der Waals surface area contributed by atoms with E-state index in [2.05, 4.69) is 15.3 Å². The lowest BCUT2D eigenvalue weighted by Crippen LogP contribution is -2.41. The van der Waals surface area contributed by atoms with Crippen LogP contribution in [0.4, 0.5) is 4.79 Å². The third-order valence-corrected chi connectivity index (χ3v) is 7.50. The molecule has 0 atom stereocenters. The van der Waals surface area contributed by atoms with Crippen LogP contribution in [0.2, 0.25) is 0 Å². The van der Waals surface area contributed by atoms with E-state index in [0.29, 0.717) is 11.3 Å². The number of nitrogens with zero attached hydrogens (tertiary/aromatic N) is 3. The maximum absolute atomic E-state index is 12.8. The highest BCUT2D eigenvalue weighted by Crippen LogP contribution is 2.24. The molecule has 1 fully saturated rings. The standard InChI is InChI=1S/C20H20N4O6S/c25-19(17-9-13-3-6-21-12-18(13)30-17)23-10-14-1-2-16(11-22-14)31(28,29)15-4-7-24(8-5-15)20(26)27/h1-3,6,9,11-12,15H,4-5,7-8,10H2,(H,23,25)(H,26,27). The number of pyridine rings is 2. The summed E-state index contributed by atoms with van der Waals surface area (Å²) in [5.74, 6) is -0.269. The van der Waals surface area contributed by atoms with E-state index in [1.54, 1.807) is 24.4 Å². The molecular weight excluding hydrogens is 424 g/mol. The number of carbonyl (C=O) groups is 2. The lowest BCUT2D eigenvalue weighted by atomic mass is 10.1. The molecule has 3 aromatic heterocycles. The second kappa shape index (κ2) is 8.34. The summed E-state index contributed by atoms with van der Waals surface area (Å²) in [6.45, 7) is 0.481. The van der Waals surface area contributed by atoms with Crippen LogP contribution in [0.3, 0.4) is 0 Å². The van der Waals surface area contributed by atoms with Gasteiger partial charge in [0.1, 0.15) is 0 Å². The predicted molar refractivity (Wildman–Crippen MR) is 109 cm³/mol. The first-order chi connectivity index (χ1) is 14.8. The number of likely N-dealkylation sites (tertiary alicyclic amines) is 1. The fraction of sp³-hybridized carbons (Fsp3) is 0.300. The molecule has 1 aliphatic rings. The molecule has 0 aromatic carbocycles. The smallest absolute Gasteiger partial charge is 0.407 e. The van der Waals surface area contributed by atoms with Gasteiger partial charge in [-0.05, 0) is 37.1 Å². The number of hydrogen-bond donors (Lipinski definition) is 2. The highest BCUT2D eigenvalue weighted by molar-refractivity contribution is 7.92. The number of rotatable bonds is 5. The molecule has 162 valence electrons.